The fraction of sp³-hybridized carbons (Fsp3) is 0.400. The first-order chi connectivity index (χ1) is 11.8. The van der Waals surface area contributed by atoms with Crippen LogP contribution in [0, 0.1) is 0 Å². The summed E-state index contributed by atoms with van der Waals surface area (Å²) in [7, 11) is 1.28. The molecule has 3 heterocycles. The summed E-state index contributed by atoms with van der Waals surface area (Å²) in [5.74, 6) is -0.351. The van der Waals surface area contributed by atoms with Crippen molar-refractivity contribution < 1.29 is 27.5 Å². The van der Waals surface area contributed by atoms with Gasteiger partial charge in [0, 0.05) is 37.8 Å². The van der Waals surface area contributed by atoms with Crippen molar-refractivity contribution in [1.82, 2.24) is 19.8 Å². The number of alkyl halides is 3. The summed E-state index contributed by atoms with van der Waals surface area (Å²) < 4.78 is 42.8. The molecular formula is C15H15F3N4O3. The molecule has 2 amide bonds. The van der Waals surface area contributed by atoms with E-state index in [0.717, 1.165) is 12.3 Å². The number of piperazine rings is 1. The quantitative estimate of drug-likeness (QED) is 0.849. The van der Waals surface area contributed by atoms with Crippen molar-refractivity contribution >= 4 is 23.0 Å². The molecule has 7 nitrogen and oxygen atoms in total. The molecule has 0 atom stereocenters. The van der Waals surface area contributed by atoms with Gasteiger partial charge in [-0.25, -0.2) is 9.78 Å². The van der Waals surface area contributed by atoms with Crippen LogP contribution in [-0.4, -0.2) is 65.1 Å². The highest BCUT2D eigenvalue weighted by Gasteiger charge is 2.31. The number of H-pyrrole nitrogens is 1. The molecule has 1 aliphatic rings. The van der Waals surface area contributed by atoms with Crippen LogP contribution in [-0.2, 0) is 10.9 Å². The summed E-state index contributed by atoms with van der Waals surface area (Å²) in [5, 5.41) is 0.214. The molecule has 25 heavy (non-hydrogen) atoms. The summed E-state index contributed by atoms with van der Waals surface area (Å²) in [6, 6.07) is 2.30. The molecule has 2 aromatic heterocycles. The van der Waals surface area contributed by atoms with Gasteiger partial charge in [-0.05, 0) is 12.1 Å². The van der Waals surface area contributed by atoms with E-state index in [4.69, 9.17) is 0 Å². The van der Waals surface area contributed by atoms with Gasteiger partial charge in [0.15, 0.2) is 0 Å². The highest BCUT2D eigenvalue weighted by atomic mass is 19.4. The smallest absolute Gasteiger partial charge is 0.417 e. The van der Waals surface area contributed by atoms with Gasteiger partial charge in [-0.15, -0.1) is 0 Å². The molecule has 0 unspecified atom stereocenters. The monoisotopic (exact) mass is 356 g/mol. The van der Waals surface area contributed by atoms with E-state index in [-0.39, 0.29) is 22.6 Å². The Kier molecular flexibility index (Phi) is 4.27. The topological polar surface area (TPSA) is 78.5 Å². The van der Waals surface area contributed by atoms with Gasteiger partial charge in [-0.2, -0.15) is 13.2 Å². The number of ether oxygens (including phenoxy) is 1. The van der Waals surface area contributed by atoms with Crippen molar-refractivity contribution in [2.45, 2.75) is 6.18 Å². The van der Waals surface area contributed by atoms with Crippen molar-refractivity contribution in [2.75, 3.05) is 33.3 Å². The van der Waals surface area contributed by atoms with E-state index in [2.05, 4.69) is 14.7 Å². The predicted octanol–water partition coefficient (Wildman–Crippen LogP) is 2.11. The van der Waals surface area contributed by atoms with Crippen molar-refractivity contribution in [1.29, 1.82) is 0 Å². The maximum Gasteiger partial charge on any atom is 0.417 e. The number of halogens is 3. The number of amides is 2. The molecule has 1 aliphatic heterocycles. The Labute approximate surface area is 140 Å². The van der Waals surface area contributed by atoms with E-state index in [1.54, 1.807) is 0 Å². The van der Waals surface area contributed by atoms with E-state index in [1.807, 2.05) is 0 Å². The molecule has 3 rings (SSSR count). The van der Waals surface area contributed by atoms with E-state index >= 15 is 0 Å². The van der Waals surface area contributed by atoms with E-state index in [9.17, 15) is 22.8 Å². The SMILES string of the molecule is COC(=O)N1CCN(C(=O)c2cc3cc(C(F)(F)F)cnc3[nH]2)CC1. The standard InChI is InChI=1S/C15H15F3N4O3/c1-25-14(24)22-4-2-21(3-5-22)13(23)11-7-9-6-10(15(16,17)18)8-19-12(9)20-11/h6-8H,2-5H2,1H3,(H,19,20). The van der Waals surface area contributed by atoms with E-state index < -0.39 is 17.8 Å². The zero-order chi connectivity index (χ0) is 18.2. The number of hydrogen-bond donors (Lipinski definition) is 1. The highest BCUT2D eigenvalue weighted by molar-refractivity contribution is 5.97. The van der Waals surface area contributed by atoms with Crippen molar-refractivity contribution in [2.24, 2.45) is 0 Å². The molecule has 134 valence electrons. The van der Waals surface area contributed by atoms with Gasteiger partial charge in [0.2, 0.25) is 0 Å². The zero-order valence-corrected chi connectivity index (χ0v) is 13.3. The lowest BCUT2D eigenvalue weighted by Crippen LogP contribution is -2.50. The Morgan fingerprint density at radius 1 is 1.16 bits per heavy atom. The lowest BCUT2D eigenvalue weighted by molar-refractivity contribution is -0.137. The van der Waals surface area contributed by atoms with Crippen LogP contribution in [0.5, 0.6) is 0 Å². The van der Waals surface area contributed by atoms with Crippen LogP contribution in [0.25, 0.3) is 11.0 Å². The summed E-state index contributed by atoms with van der Waals surface area (Å²) in [6.07, 6.45) is -4.23. The molecule has 1 N–H and O–H groups in total. The zero-order valence-electron chi connectivity index (χ0n) is 13.3. The summed E-state index contributed by atoms with van der Waals surface area (Å²) in [6.45, 7) is 1.28. The van der Waals surface area contributed by atoms with Gasteiger partial charge in [-0.1, -0.05) is 0 Å². The molecular weight excluding hydrogens is 341 g/mol. The molecule has 2 aromatic rings. The molecule has 0 aliphatic carbocycles. The number of fused-ring (bicyclic) bond motifs is 1. The molecule has 10 heteroatoms. The normalized spacial score (nSPS) is 15.5. The Balaban J connectivity index is 1.76. The number of rotatable bonds is 1. The number of aromatic nitrogens is 2. The number of methoxy groups -OCH3 is 1. The molecule has 0 bridgehead atoms. The number of hydrogen-bond acceptors (Lipinski definition) is 4. The van der Waals surface area contributed by atoms with Crippen LogP contribution in [0.15, 0.2) is 18.3 Å². The lowest BCUT2D eigenvalue weighted by Gasteiger charge is -2.33. The number of nitrogens with zero attached hydrogens (tertiary/aromatic N) is 3. The fourth-order valence-electron chi connectivity index (χ4n) is 2.68. The average Bonchev–Trinajstić information content (AvgIpc) is 3.03. The Morgan fingerprint density at radius 3 is 2.40 bits per heavy atom. The van der Waals surface area contributed by atoms with Crippen molar-refractivity contribution in [3.8, 4) is 0 Å². The van der Waals surface area contributed by atoms with Crippen molar-refractivity contribution in [3.63, 3.8) is 0 Å². The maximum atomic E-state index is 12.7. The first kappa shape index (κ1) is 17.1. The van der Waals surface area contributed by atoms with Crippen LogP contribution in [0.3, 0.4) is 0 Å². The number of pyridine rings is 1. The van der Waals surface area contributed by atoms with E-state index in [1.165, 1.54) is 23.0 Å². The van der Waals surface area contributed by atoms with Gasteiger partial charge in [0.05, 0.1) is 12.7 Å². The number of carbonyl (C=O) groups is 2. The van der Waals surface area contributed by atoms with E-state index in [0.29, 0.717) is 26.2 Å². The minimum atomic E-state index is -4.49. The van der Waals surface area contributed by atoms with Crippen LogP contribution >= 0.6 is 0 Å². The van der Waals surface area contributed by atoms with Gasteiger partial charge in [0.1, 0.15) is 11.3 Å². The molecule has 0 spiro atoms. The molecule has 0 aromatic carbocycles. The second-order valence-corrected chi connectivity index (χ2v) is 5.59. The third-order valence-corrected chi connectivity index (χ3v) is 4.03. The largest absolute Gasteiger partial charge is 0.453 e. The van der Waals surface area contributed by atoms with Crippen LogP contribution in [0.4, 0.5) is 18.0 Å². The highest BCUT2D eigenvalue weighted by Crippen LogP contribution is 2.30. The average molecular weight is 356 g/mol. The first-order valence-electron chi connectivity index (χ1n) is 7.47. The molecule has 1 fully saturated rings. The minimum absolute atomic E-state index is 0.161. The first-order valence-corrected chi connectivity index (χ1v) is 7.47. The van der Waals surface area contributed by atoms with Gasteiger partial charge in [0.25, 0.3) is 5.91 Å². The summed E-state index contributed by atoms with van der Waals surface area (Å²) >= 11 is 0. The predicted molar refractivity (Wildman–Crippen MR) is 81.0 cm³/mol. The van der Waals surface area contributed by atoms with Gasteiger partial charge in [-0.3, -0.25) is 4.79 Å². The van der Waals surface area contributed by atoms with Gasteiger partial charge >= 0.3 is 12.3 Å². The lowest BCUT2D eigenvalue weighted by atomic mass is 10.2. The second kappa shape index (κ2) is 6.26. The Morgan fingerprint density at radius 2 is 1.80 bits per heavy atom. The number of carbonyl (C=O) groups excluding carboxylic acids is 2. The Bertz CT molecular complexity index is 810. The number of aromatic amines is 1. The van der Waals surface area contributed by atoms with Crippen molar-refractivity contribution in [3.05, 3.63) is 29.6 Å². The fourth-order valence-corrected chi connectivity index (χ4v) is 2.68. The summed E-state index contributed by atoms with van der Waals surface area (Å²) in [4.78, 5) is 33.4. The second-order valence-electron chi connectivity index (χ2n) is 5.59. The van der Waals surface area contributed by atoms with Crippen LogP contribution in [0.1, 0.15) is 16.1 Å². The molecule has 0 radical (unpaired) electrons. The number of nitrogens with one attached hydrogen (secondary N) is 1. The third kappa shape index (κ3) is 3.37. The third-order valence-electron chi connectivity index (χ3n) is 4.03. The Hall–Kier alpha value is -2.78. The maximum absolute atomic E-state index is 12.7. The molecule has 0 saturated carbocycles. The van der Waals surface area contributed by atoms with Crippen LogP contribution < -0.4 is 0 Å². The van der Waals surface area contributed by atoms with Gasteiger partial charge < -0.3 is 19.5 Å². The van der Waals surface area contributed by atoms with Crippen LogP contribution in [0.2, 0.25) is 0 Å². The summed E-state index contributed by atoms with van der Waals surface area (Å²) in [5.41, 5.74) is -0.498. The minimum Gasteiger partial charge on any atom is -0.453 e. The molecule has 1 saturated heterocycles.